The summed E-state index contributed by atoms with van der Waals surface area (Å²) in [7, 11) is 0. The molecule has 0 bridgehead atoms. The maximum atomic E-state index is 6.11. The van der Waals surface area contributed by atoms with E-state index in [9.17, 15) is 0 Å². The minimum absolute atomic E-state index is 0.0792. The molecule has 3 heteroatoms. The fourth-order valence-electron chi connectivity index (χ4n) is 2.67. The van der Waals surface area contributed by atoms with E-state index in [4.69, 9.17) is 4.42 Å². The van der Waals surface area contributed by atoms with E-state index >= 15 is 0 Å². The molecule has 0 aliphatic carbocycles. The first-order chi connectivity index (χ1) is 10.2. The third kappa shape index (κ3) is 2.76. The van der Waals surface area contributed by atoms with Crippen LogP contribution in [0.1, 0.15) is 29.9 Å². The van der Waals surface area contributed by atoms with Gasteiger partial charge in [-0.05, 0) is 52.7 Å². The Morgan fingerprint density at radius 3 is 2.67 bits per heavy atom. The average Bonchev–Trinajstić information content (AvgIpc) is 2.91. The number of rotatable bonds is 4. The van der Waals surface area contributed by atoms with Crippen molar-refractivity contribution in [2.45, 2.75) is 19.9 Å². The second kappa shape index (κ2) is 6.04. The lowest BCUT2D eigenvalue weighted by Gasteiger charge is -2.18. The van der Waals surface area contributed by atoms with Crippen molar-refractivity contribution in [3.8, 4) is 0 Å². The number of para-hydroxylation sites is 1. The first-order valence-electron chi connectivity index (χ1n) is 7.17. The molecule has 3 aromatic rings. The highest BCUT2D eigenvalue weighted by Gasteiger charge is 2.19. The Morgan fingerprint density at radius 2 is 1.95 bits per heavy atom. The summed E-state index contributed by atoms with van der Waals surface area (Å²) in [5.41, 5.74) is 3.43. The zero-order chi connectivity index (χ0) is 14.8. The molecule has 1 atom stereocenters. The monoisotopic (exact) mass is 343 g/mol. The molecule has 0 spiro atoms. The number of hydrogen-bond donors (Lipinski definition) is 1. The van der Waals surface area contributed by atoms with E-state index < -0.39 is 0 Å². The molecule has 0 saturated carbocycles. The molecule has 1 unspecified atom stereocenters. The standard InChI is InChI=1S/C18H18BrNO/c1-3-20-17(14-9-5-4-7-12(14)2)16-11-13-8-6-10-15(19)18(13)21-16/h4-11,17,20H,3H2,1-2H3. The zero-order valence-corrected chi connectivity index (χ0v) is 13.8. The van der Waals surface area contributed by atoms with Gasteiger partial charge in [-0.15, -0.1) is 0 Å². The van der Waals surface area contributed by atoms with E-state index in [1.54, 1.807) is 0 Å². The zero-order valence-electron chi connectivity index (χ0n) is 12.2. The van der Waals surface area contributed by atoms with E-state index in [1.807, 2.05) is 12.1 Å². The third-order valence-electron chi connectivity index (χ3n) is 3.71. The van der Waals surface area contributed by atoms with Gasteiger partial charge in [0.05, 0.1) is 10.5 Å². The van der Waals surface area contributed by atoms with Crippen molar-refractivity contribution in [1.82, 2.24) is 5.32 Å². The molecule has 0 aliphatic rings. The van der Waals surface area contributed by atoms with Crippen LogP contribution < -0.4 is 5.32 Å². The highest BCUT2D eigenvalue weighted by molar-refractivity contribution is 9.10. The van der Waals surface area contributed by atoms with Crippen LogP contribution in [0.4, 0.5) is 0 Å². The Kier molecular flexibility index (Phi) is 4.13. The Labute approximate surface area is 133 Å². The van der Waals surface area contributed by atoms with E-state index in [0.29, 0.717) is 0 Å². The molecule has 1 aromatic heterocycles. The second-order valence-corrected chi connectivity index (χ2v) is 6.01. The molecular formula is C18H18BrNO. The first-order valence-corrected chi connectivity index (χ1v) is 7.97. The van der Waals surface area contributed by atoms with Crippen LogP contribution in [0.5, 0.6) is 0 Å². The normalized spacial score (nSPS) is 12.7. The van der Waals surface area contributed by atoms with E-state index in [2.05, 4.69) is 71.5 Å². The van der Waals surface area contributed by atoms with E-state index in [1.165, 1.54) is 11.1 Å². The third-order valence-corrected chi connectivity index (χ3v) is 4.33. The first kappa shape index (κ1) is 14.4. The number of halogens is 1. The molecule has 3 rings (SSSR count). The van der Waals surface area contributed by atoms with Crippen LogP contribution in [0.25, 0.3) is 11.0 Å². The number of hydrogen-bond acceptors (Lipinski definition) is 2. The van der Waals surface area contributed by atoms with Gasteiger partial charge < -0.3 is 9.73 Å². The van der Waals surface area contributed by atoms with Crippen LogP contribution in [0, 0.1) is 6.92 Å². The molecule has 0 saturated heterocycles. The van der Waals surface area contributed by atoms with Crippen molar-refractivity contribution in [3.63, 3.8) is 0 Å². The van der Waals surface area contributed by atoms with Crippen LogP contribution in [0.3, 0.4) is 0 Å². The molecule has 0 aliphatic heterocycles. The molecule has 0 amide bonds. The fraction of sp³-hybridized carbons (Fsp3) is 0.222. The molecule has 1 heterocycles. The highest BCUT2D eigenvalue weighted by Crippen LogP contribution is 2.33. The van der Waals surface area contributed by atoms with E-state index in [0.717, 1.165) is 27.7 Å². The van der Waals surface area contributed by atoms with Crippen LogP contribution in [-0.2, 0) is 0 Å². The molecule has 0 radical (unpaired) electrons. The van der Waals surface area contributed by atoms with Gasteiger partial charge in [-0.2, -0.15) is 0 Å². The summed E-state index contributed by atoms with van der Waals surface area (Å²) >= 11 is 3.55. The van der Waals surface area contributed by atoms with Crippen molar-refractivity contribution in [2.24, 2.45) is 0 Å². The predicted octanol–water partition coefficient (Wildman–Crippen LogP) is 5.20. The summed E-state index contributed by atoms with van der Waals surface area (Å²) in [5, 5.41) is 4.65. The van der Waals surface area contributed by atoms with Gasteiger partial charge in [-0.1, -0.05) is 43.3 Å². The molecular weight excluding hydrogens is 326 g/mol. The fourth-order valence-corrected chi connectivity index (χ4v) is 3.13. The summed E-state index contributed by atoms with van der Waals surface area (Å²) in [5.74, 6) is 0.952. The lowest BCUT2D eigenvalue weighted by Crippen LogP contribution is -2.22. The molecule has 0 fully saturated rings. The van der Waals surface area contributed by atoms with Gasteiger partial charge in [-0.3, -0.25) is 0 Å². The molecule has 21 heavy (non-hydrogen) atoms. The van der Waals surface area contributed by atoms with Gasteiger partial charge in [0.15, 0.2) is 0 Å². The van der Waals surface area contributed by atoms with Gasteiger partial charge in [-0.25, -0.2) is 0 Å². The smallest absolute Gasteiger partial charge is 0.148 e. The number of nitrogens with one attached hydrogen (secondary N) is 1. The van der Waals surface area contributed by atoms with Gasteiger partial charge in [0.2, 0.25) is 0 Å². The minimum atomic E-state index is 0.0792. The Bertz CT molecular complexity index is 763. The van der Waals surface area contributed by atoms with Gasteiger partial charge in [0.25, 0.3) is 0 Å². The van der Waals surface area contributed by atoms with Crippen molar-refractivity contribution in [3.05, 3.63) is 69.9 Å². The van der Waals surface area contributed by atoms with Crippen molar-refractivity contribution >= 4 is 26.9 Å². The average molecular weight is 344 g/mol. The highest BCUT2D eigenvalue weighted by atomic mass is 79.9. The number of furan rings is 1. The van der Waals surface area contributed by atoms with Gasteiger partial charge in [0, 0.05) is 5.39 Å². The number of aryl methyl sites for hydroxylation is 1. The van der Waals surface area contributed by atoms with Crippen LogP contribution in [0.15, 0.2) is 57.4 Å². The molecule has 108 valence electrons. The summed E-state index contributed by atoms with van der Waals surface area (Å²) in [6.45, 7) is 5.14. The SMILES string of the molecule is CCNC(c1cc2cccc(Br)c2o1)c1ccccc1C. The maximum Gasteiger partial charge on any atom is 0.148 e. The topological polar surface area (TPSA) is 25.2 Å². The maximum absolute atomic E-state index is 6.11. The quantitative estimate of drug-likeness (QED) is 0.703. The van der Waals surface area contributed by atoms with Crippen molar-refractivity contribution in [2.75, 3.05) is 6.54 Å². The van der Waals surface area contributed by atoms with E-state index in [-0.39, 0.29) is 6.04 Å². The van der Waals surface area contributed by atoms with Crippen molar-refractivity contribution in [1.29, 1.82) is 0 Å². The summed E-state index contributed by atoms with van der Waals surface area (Å²) in [6.07, 6.45) is 0. The van der Waals surface area contributed by atoms with Crippen LogP contribution in [0.2, 0.25) is 0 Å². The molecule has 2 aromatic carbocycles. The minimum Gasteiger partial charge on any atom is -0.458 e. The number of fused-ring (bicyclic) bond motifs is 1. The number of benzene rings is 2. The Balaban J connectivity index is 2.11. The second-order valence-electron chi connectivity index (χ2n) is 5.15. The van der Waals surface area contributed by atoms with Gasteiger partial charge in [0.1, 0.15) is 11.3 Å². The van der Waals surface area contributed by atoms with Crippen LogP contribution >= 0.6 is 15.9 Å². The lowest BCUT2D eigenvalue weighted by molar-refractivity contribution is 0.475. The lowest BCUT2D eigenvalue weighted by atomic mass is 9.99. The summed E-state index contributed by atoms with van der Waals surface area (Å²) in [6, 6.07) is 16.8. The van der Waals surface area contributed by atoms with Gasteiger partial charge >= 0.3 is 0 Å². The largest absolute Gasteiger partial charge is 0.458 e. The Morgan fingerprint density at radius 1 is 1.14 bits per heavy atom. The van der Waals surface area contributed by atoms with Crippen molar-refractivity contribution < 1.29 is 4.42 Å². The molecule has 1 N–H and O–H groups in total. The summed E-state index contributed by atoms with van der Waals surface area (Å²) < 4.78 is 7.11. The predicted molar refractivity (Wildman–Crippen MR) is 90.6 cm³/mol. The Hall–Kier alpha value is -1.58. The summed E-state index contributed by atoms with van der Waals surface area (Å²) in [4.78, 5) is 0. The van der Waals surface area contributed by atoms with Crippen LogP contribution in [-0.4, -0.2) is 6.54 Å². The molecule has 2 nitrogen and oxygen atoms in total.